The molecule has 0 radical (unpaired) electrons. The van der Waals surface area contributed by atoms with Crippen LogP contribution in [0.2, 0.25) is 0 Å². The van der Waals surface area contributed by atoms with E-state index < -0.39 is 0 Å². The summed E-state index contributed by atoms with van der Waals surface area (Å²) in [5.74, 6) is 0.220. The first-order valence-corrected chi connectivity index (χ1v) is 9.16. The van der Waals surface area contributed by atoms with Gasteiger partial charge in [-0.1, -0.05) is 34.1 Å². The maximum absolute atomic E-state index is 12.5. The van der Waals surface area contributed by atoms with Gasteiger partial charge in [0.15, 0.2) is 0 Å². The van der Waals surface area contributed by atoms with E-state index in [1.165, 1.54) is 16.8 Å². The molecule has 1 amide bonds. The number of hydrogen-bond donors (Lipinski definition) is 0. The Kier molecular flexibility index (Phi) is 5.24. The molecule has 3 nitrogen and oxygen atoms in total. The van der Waals surface area contributed by atoms with Crippen molar-refractivity contribution in [3.63, 3.8) is 0 Å². The van der Waals surface area contributed by atoms with Crippen LogP contribution >= 0.6 is 15.9 Å². The number of benzene rings is 2. The molecular formula is C20H23BrN2O. The third-order valence-corrected chi connectivity index (χ3v) is 5.00. The molecule has 4 heteroatoms. The number of aryl methyl sites for hydroxylation is 2. The number of nitrogens with zero attached hydrogens (tertiary/aromatic N) is 2. The number of rotatable bonds is 3. The molecule has 1 saturated heterocycles. The number of carbonyl (C=O) groups excluding carboxylic acids is 1. The van der Waals surface area contributed by atoms with Crippen LogP contribution in [0.15, 0.2) is 46.9 Å². The van der Waals surface area contributed by atoms with Crippen molar-refractivity contribution in [2.24, 2.45) is 0 Å². The molecule has 0 atom stereocenters. The van der Waals surface area contributed by atoms with Crippen molar-refractivity contribution in [3.05, 3.63) is 63.6 Å². The van der Waals surface area contributed by atoms with E-state index in [0.717, 1.165) is 36.2 Å². The number of halogens is 1. The quantitative estimate of drug-likeness (QED) is 0.796. The third-order valence-electron chi connectivity index (χ3n) is 4.47. The Labute approximate surface area is 152 Å². The van der Waals surface area contributed by atoms with Crippen molar-refractivity contribution < 1.29 is 4.79 Å². The highest BCUT2D eigenvalue weighted by molar-refractivity contribution is 9.10. The summed E-state index contributed by atoms with van der Waals surface area (Å²) < 4.78 is 1.04. The summed E-state index contributed by atoms with van der Waals surface area (Å²) in [4.78, 5) is 16.9. The van der Waals surface area contributed by atoms with Crippen LogP contribution in [-0.4, -0.2) is 37.0 Å². The average Bonchev–Trinajstić information content (AvgIpc) is 2.56. The van der Waals surface area contributed by atoms with Gasteiger partial charge in [-0.25, -0.2) is 0 Å². The van der Waals surface area contributed by atoms with Crippen LogP contribution in [0.3, 0.4) is 0 Å². The van der Waals surface area contributed by atoms with Gasteiger partial charge in [-0.05, 0) is 54.8 Å². The predicted octanol–water partition coefficient (Wildman–Crippen LogP) is 3.96. The zero-order chi connectivity index (χ0) is 17.1. The van der Waals surface area contributed by atoms with Crippen LogP contribution in [-0.2, 0) is 11.2 Å². The van der Waals surface area contributed by atoms with Gasteiger partial charge in [0, 0.05) is 36.3 Å². The molecule has 24 heavy (non-hydrogen) atoms. The van der Waals surface area contributed by atoms with E-state index in [0.29, 0.717) is 6.42 Å². The number of hydrogen-bond acceptors (Lipinski definition) is 2. The molecule has 0 saturated carbocycles. The van der Waals surface area contributed by atoms with Crippen molar-refractivity contribution in [1.29, 1.82) is 0 Å². The first kappa shape index (κ1) is 17.0. The monoisotopic (exact) mass is 386 g/mol. The van der Waals surface area contributed by atoms with E-state index >= 15 is 0 Å². The largest absolute Gasteiger partial charge is 0.368 e. The minimum atomic E-state index is 0.220. The van der Waals surface area contributed by atoms with Crippen molar-refractivity contribution in [2.75, 3.05) is 31.1 Å². The van der Waals surface area contributed by atoms with E-state index in [4.69, 9.17) is 0 Å². The summed E-state index contributed by atoms with van der Waals surface area (Å²) in [6.45, 7) is 7.65. The molecule has 0 spiro atoms. The Hall–Kier alpha value is -1.81. The third kappa shape index (κ3) is 4.18. The molecule has 0 aliphatic carbocycles. The van der Waals surface area contributed by atoms with E-state index in [1.54, 1.807) is 0 Å². The van der Waals surface area contributed by atoms with Gasteiger partial charge in [0.1, 0.15) is 0 Å². The van der Waals surface area contributed by atoms with Crippen molar-refractivity contribution in [1.82, 2.24) is 4.90 Å². The number of piperazine rings is 1. The SMILES string of the molecule is Cc1cc(C)cc(N2CCN(C(=O)Cc3ccc(Br)cc3)CC2)c1. The molecular weight excluding hydrogens is 364 g/mol. The fourth-order valence-corrected chi connectivity index (χ4v) is 3.50. The zero-order valence-electron chi connectivity index (χ0n) is 14.3. The molecule has 1 fully saturated rings. The fraction of sp³-hybridized carbons (Fsp3) is 0.350. The van der Waals surface area contributed by atoms with E-state index in [9.17, 15) is 4.79 Å². The number of anilines is 1. The summed E-state index contributed by atoms with van der Waals surface area (Å²) in [6, 6.07) is 14.6. The van der Waals surface area contributed by atoms with Crippen LogP contribution in [0.5, 0.6) is 0 Å². The molecule has 1 aliphatic rings. The summed E-state index contributed by atoms with van der Waals surface area (Å²) in [7, 11) is 0. The van der Waals surface area contributed by atoms with Crippen LogP contribution in [0.4, 0.5) is 5.69 Å². The van der Waals surface area contributed by atoms with Crippen molar-refractivity contribution in [3.8, 4) is 0 Å². The molecule has 1 heterocycles. The lowest BCUT2D eigenvalue weighted by molar-refractivity contribution is -0.130. The zero-order valence-corrected chi connectivity index (χ0v) is 15.8. The predicted molar refractivity (Wildman–Crippen MR) is 103 cm³/mol. The Morgan fingerprint density at radius 3 is 2.12 bits per heavy atom. The fourth-order valence-electron chi connectivity index (χ4n) is 3.24. The van der Waals surface area contributed by atoms with E-state index in [2.05, 4.69) is 52.9 Å². The molecule has 0 aromatic heterocycles. The second kappa shape index (κ2) is 7.39. The Morgan fingerprint density at radius 2 is 1.54 bits per heavy atom. The highest BCUT2D eigenvalue weighted by atomic mass is 79.9. The maximum Gasteiger partial charge on any atom is 0.227 e. The van der Waals surface area contributed by atoms with Crippen LogP contribution in [0, 0.1) is 13.8 Å². The van der Waals surface area contributed by atoms with E-state index in [1.807, 2.05) is 29.2 Å². The highest BCUT2D eigenvalue weighted by Gasteiger charge is 2.21. The topological polar surface area (TPSA) is 23.6 Å². The number of amides is 1. The summed E-state index contributed by atoms with van der Waals surface area (Å²) in [5.41, 5.74) is 4.92. The summed E-state index contributed by atoms with van der Waals surface area (Å²) in [5, 5.41) is 0. The second-order valence-corrected chi connectivity index (χ2v) is 7.43. The minimum absolute atomic E-state index is 0.220. The Morgan fingerprint density at radius 1 is 0.958 bits per heavy atom. The Bertz CT molecular complexity index is 699. The lowest BCUT2D eigenvalue weighted by Crippen LogP contribution is -2.49. The molecule has 2 aromatic rings. The van der Waals surface area contributed by atoms with Gasteiger partial charge in [-0.2, -0.15) is 0 Å². The van der Waals surface area contributed by atoms with Crippen LogP contribution in [0.25, 0.3) is 0 Å². The molecule has 126 valence electrons. The molecule has 3 rings (SSSR count). The van der Waals surface area contributed by atoms with Gasteiger partial charge in [-0.3, -0.25) is 4.79 Å². The second-order valence-electron chi connectivity index (χ2n) is 6.52. The first-order valence-electron chi connectivity index (χ1n) is 8.37. The van der Waals surface area contributed by atoms with Gasteiger partial charge < -0.3 is 9.80 Å². The summed E-state index contributed by atoms with van der Waals surface area (Å²) in [6.07, 6.45) is 0.483. The maximum atomic E-state index is 12.5. The van der Waals surface area contributed by atoms with Crippen molar-refractivity contribution >= 4 is 27.5 Å². The smallest absolute Gasteiger partial charge is 0.227 e. The molecule has 0 bridgehead atoms. The van der Waals surface area contributed by atoms with Crippen LogP contribution in [0.1, 0.15) is 16.7 Å². The normalized spacial score (nSPS) is 14.8. The molecule has 1 aliphatic heterocycles. The molecule has 0 N–H and O–H groups in total. The van der Waals surface area contributed by atoms with Crippen LogP contribution < -0.4 is 4.90 Å². The van der Waals surface area contributed by atoms with E-state index in [-0.39, 0.29) is 5.91 Å². The minimum Gasteiger partial charge on any atom is -0.368 e. The highest BCUT2D eigenvalue weighted by Crippen LogP contribution is 2.20. The molecule has 0 unspecified atom stereocenters. The summed E-state index contributed by atoms with van der Waals surface area (Å²) >= 11 is 3.43. The average molecular weight is 387 g/mol. The van der Waals surface area contributed by atoms with Gasteiger partial charge in [0.05, 0.1) is 6.42 Å². The lowest BCUT2D eigenvalue weighted by atomic mass is 10.1. The number of carbonyl (C=O) groups is 1. The molecule has 2 aromatic carbocycles. The lowest BCUT2D eigenvalue weighted by Gasteiger charge is -2.36. The van der Waals surface area contributed by atoms with Crippen molar-refractivity contribution in [2.45, 2.75) is 20.3 Å². The Balaban J connectivity index is 1.58. The van der Waals surface area contributed by atoms with Gasteiger partial charge in [-0.15, -0.1) is 0 Å². The van der Waals surface area contributed by atoms with Gasteiger partial charge in [0.2, 0.25) is 5.91 Å². The van der Waals surface area contributed by atoms with Gasteiger partial charge in [0.25, 0.3) is 0 Å². The first-order chi connectivity index (χ1) is 11.5. The standard InChI is InChI=1S/C20H23BrN2O/c1-15-11-16(2)13-19(12-15)22-7-9-23(10-8-22)20(24)14-17-3-5-18(21)6-4-17/h3-6,11-13H,7-10,14H2,1-2H3. The van der Waals surface area contributed by atoms with Gasteiger partial charge >= 0.3 is 0 Å².